The summed E-state index contributed by atoms with van der Waals surface area (Å²) in [4.78, 5) is 2.52. The van der Waals surface area contributed by atoms with Crippen LogP contribution in [0.3, 0.4) is 0 Å². The second kappa shape index (κ2) is 5.27. The van der Waals surface area contributed by atoms with Crippen LogP contribution in [-0.2, 0) is 0 Å². The molecule has 2 unspecified atom stereocenters. The van der Waals surface area contributed by atoms with Crippen LogP contribution < -0.4 is 10.5 Å². The second-order valence-corrected chi connectivity index (χ2v) is 7.00. The van der Waals surface area contributed by atoms with Crippen molar-refractivity contribution in [3.8, 4) is 5.75 Å². The molecule has 0 saturated carbocycles. The van der Waals surface area contributed by atoms with E-state index in [-0.39, 0.29) is 6.04 Å². The average Bonchev–Trinajstić information content (AvgIpc) is 2.77. The maximum atomic E-state index is 6.50. The van der Waals surface area contributed by atoms with E-state index < -0.39 is 0 Å². The average molecular weight is 338 g/mol. The molecule has 0 saturated heterocycles. The van der Waals surface area contributed by atoms with Gasteiger partial charge in [0.1, 0.15) is 5.75 Å². The van der Waals surface area contributed by atoms with E-state index in [0.717, 1.165) is 23.2 Å². The van der Waals surface area contributed by atoms with Crippen molar-refractivity contribution < 1.29 is 4.74 Å². The molecule has 2 aromatic rings. The van der Waals surface area contributed by atoms with Crippen LogP contribution in [0.4, 0.5) is 0 Å². The first-order valence-electron chi connectivity index (χ1n) is 6.40. The Hall–Kier alpha value is -0.840. The minimum atomic E-state index is 0.0417. The first kappa shape index (κ1) is 13.2. The minimum absolute atomic E-state index is 0.0417. The molecule has 19 heavy (non-hydrogen) atoms. The van der Waals surface area contributed by atoms with E-state index in [1.54, 1.807) is 11.3 Å². The number of hydrogen-bond donors (Lipinski definition) is 1. The Balaban J connectivity index is 1.95. The molecule has 2 N–H and O–H groups in total. The van der Waals surface area contributed by atoms with E-state index in [4.69, 9.17) is 10.5 Å². The van der Waals surface area contributed by atoms with Gasteiger partial charge in [-0.25, -0.2) is 0 Å². The van der Waals surface area contributed by atoms with Crippen molar-refractivity contribution in [2.75, 3.05) is 6.61 Å². The van der Waals surface area contributed by atoms with Gasteiger partial charge in [-0.1, -0.05) is 18.2 Å². The molecule has 0 fully saturated rings. The van der Waals surface area contributed by atoms with Crippen LogP contribution in [0.5, 0.6) is 5.75 Å². The van der Waals surface area contributed by atoms with Crippen molar-refractivity contribution in [2.45, 2.75) is 25.3 Å². The molecule has 2 nitrogen and oxygen atoms in total. The van der Waals surface area contributed by atoms with Crippen LogP contribution in [0.2, 0.25) is 0 Å². The number of nitrogens with two attached hydrogens (primary N) is 1. The molecule has 0 aliphatic carbocycles. The highest BCUT2D eigenvalue weighted by Gasteiger charge is 2.28. The van der Waals surface area contributed by atoms with Gasteiger partial charge in [0.15, 0.2) is 0 Å². The first-order chi connectivity index (χ1) is 9.16. The SMILES string of the molecule is Cc1sc(C(N)C2CCOc3ccccc32)cc1Br. The van der Waals surface area contributed by atoms with E-state index >= 15 is 0 Å². The number of benzene rings is 1. The van der Waals surface area contributed by atoms with Crippen molar-refractivity contribution in [1.82, 2.24) is 0 Å². The van der Waals surface area contributed by atoms with Crippen molar-refractivity contribution >= 4 is 27.3 Å². The Labute approximate surface area is 125 Å². The molecule has 1 aliphatic rings. The lowest BCUT2D eigenvalue weighted by Gasteiger charge is -2.29. The fourth-order valence-corrected chi connectivity index (χ4v) is 4.21. The molecule has 0 bridgehead atoms. The van der Waals surface area contributed by atoms with Gasteiger partial charge < -0.3 is 10.5 Å². The largest absolute Gasteiger partial charge is 0.493 e. The van der Waals surface area contributed by atoms with Crippen LogP contribution in [0.15, 0.2) is 34.8 Å². The normalized spacial score (nSPS) is 19.6. The van der Waals surface area contributed by atoms with Gasteiger partial charge in [0.25, 0.3) is 0 Å². The van der Waals surface area contributed by atoms with E-state index in [1.807, 2.05) is 12.1 Å². The zero-order chi connectivity index (χ0) is 13.4. The summed E-state index contributed by atoms with van der Waals surface area (Å²) >= 11 is 5.35. The third-order valence-electron chi connectivity index (χ3n) is 3.64. The summed E-state index contributed by atoms with van der Waals surface area (Å²) in [7, 11) is 0. The number of fused-ring (bicyclic) bond motifs is 1. The minimum Gasteiger partial charge on any atom is -0.493 e. The van der Waals surface area contributed by atoms with Crippen molar-refractivity contribution in [1.29, 1.82) is 0 Å². The predicted octanol–water partition coefficient (Wildman–Crippen LogP) is 4.39. The maximum absolute atomic E-state index is 6.50. The van der Waals surface area contributed by atoms with Gasteiger partial charge in [0.05, 0.1) is 6.61 Å². The number of halogens is 1. The summed E-state index contributed by atoms with van der Waals surface area (Å²) < 4.78 is 6.86. The van der Waals surface area contributed by atoms with Gasteiger partial charge in [-0.3, -0.25) is 0 Å². The highest BCUT2D eigenvalue weighted by molar-refractivity contribution is 9.10. The number of ether oxygens (including phenoxy) is 1. The summed E-state index contributed by atoms with van der Waals surface area (Å²) in [5.41, 5.74) is 7.74. The van der Waals surface area contributed by atoms with Crippen LogP contribution in [0.1, 0.15) is 33.7 Å². The summed E-state index contributed by atoms with van der Waals surface area (Å²) in [5, 5.41) is 0. The maximum Gasteiger partial charge on any atom is 0.122 e. The molecule has 2 heterocycles. The van der Waals surface area contributed by atoms with Gasteiger partial charge in [-0.05, 0) is 47.0 Å². The Morgan fingerprint density at radius 2 is 2.21 bits per heavy atom. The van der Waals surface area contributed by atoms with Crippen LogP contribution >= 0.6 is 27.3 Å². The third-order valence-corrected chi connectivity index (χ3v) is 5.88. The van der Waals surface area contributed by atoms with E-state index in [9.17, 15) is 0 Å². The summed E-state index contributed by atoms with van der Waals surface area (Å²) in [6.07, 6.45) is 0.979. The van der Waals surface area contributed by atoms with Gasteiger partial charge in [0, 0.05) is 26.2 Å². The van der Waals surface area contributed by atoms with Gasteiger partial charge >= 0.3 is 0 Å². The summed E-state index contributed by atoms with van der Waals surface area (Å²) in [6, 6.07) is 10.4. The lowest BCUT2D eigenvalue weighted by Crippen LogP contribution is -2.24. The van der Waals surface area contributed by atoms with Crippen LogP contribution in [0, 0.1) is 6.92 Å². The van der Waals surface area contributed by atoms with Crippen LogP contribution in [0.25, 0.3) is 0 Å². The van der Waals surface area contributed by atoms with Crippen LogP contribution in [-0.4, -0.2) is 6.61 Å². The highest BCUT2D eigenvalue weighted by Crippen LogP contribution is 2.42. The first-order valence-corrected chi connectivity index (χ1v) is 8.01. The highest BCUT2D eigenvalue weighted by atomic mass is 79.9. The Morgan fingerprint density at radius 1 is 1.42 bits per heavy atom. The molecule has 0 spiro atoms. The molecule has 1 aromatic heterocycles. The Bertz CT molecular complexity index is 576. The smallest absolute Gasteiger partial charge is 0.122 e. The molecule has 0 radical (unpaired) electrons. The number of thiophene rings is 1. The second-order valence-electron chi connectivity index (χ2n) is 4.86. The lowest BCUT2D eigenvalue weighted by atomic mass is 9.86. The molecule has 1 aliphatic heterocycles. The monoisotopic (exact) mass is 337 g/mol. The molecule has 4 heteroatoms. The standard InChI is InChI=1S/C15H16BrNOS/c1-9-12(16)8-14(19-9)15(17)11-6-7-18-13-5-3-2-4-10(11)13/h2-5,8,11,15H,6-7,17H2,1H3. The summed E-state index contributed by atoms with van der Waals surface area (Å²) in [5.74, 6) is 1.33. The lowest BCUT2D eigenvalue weighted by molar-refractivity contribution is 0.256. The fraction of sp³-hybridized carbons (Fsp3) is 0.333. The zero-order valence-corrected chi connectivity index (χ0v) is 13.1. The molecule has 2 atom stereocenters. The molecular formula is C15H16BrNOS. The third kappa shape index (κ3) is 2.45. The number of rotatable bonds is 2. The fourth-order valence-electron chi connectivity index (χ4n) is 2.59. The topological polar surface area (TPSA) is 35.2 Å². The van der Waals surface area contributed by atoms with E-state index in [0.29, 0.717) is 5.92 Å². The number of hydrogen-bond acceptors (Lipinski definition) is 3. The van der Waals surface area contributed by atoms with Crippen molar-refractivity contribution in [3.05, 3.63) is 50.1 Å². The molecule has 1 aromatic carbocycles. The molecule has 100 valence electrons. The Morgan fingerprint density at radius 3 is 2.95 bits per heavy atom. The van der Waals surface area contributed by atoms with Gasteiger partial charge in [0.2, 0.25) is 0 Å². The quantitative estimate of drug-likeness (QED) is 0.882. The van der Waals surface area contributed by atoms with Crippen molar-refractivity contribution in [2.24, 2.45) is 5.73 Å². The molecule has 0 amide bonds. The van der Waals surface area contributed by atoms with E-state index in [1.165, 1.54) is 15.3 Å². The van der Waals surface area contributed by atoms with E-state index in [2.05, 4.69) is 41.1 Å². The number of para-hydroxylation sites is 1. The predicted molar refractivity (Wildman–Crippen MR) is 83.0 cm³/mol. The molecular weight excluding hydrogens is 322 g/mol. The summed E-state index contributed by atoms with van der Waals surface area (Å²) in [6.45, 7) is 2.86. The Kier molecular flexibility index (Phi) is 3.65. The van der Waals surface area contributed by atoms with Gasteiger partial charge in [-0.2, -0.15) is 0 Å². The van der Waals surface area contributed by atoms with Crippen molar-refractivity contribution in [3.63, 3.8) is 0 Å². The molecule has 3 rings (SSSR count). The zero-order valence-electron chi connectivity index (χ0n) is 10.7. The van der Waals surface area contributed by atoms with Gasteiger partial charge in [-0.15, -0.1) is 11.3 Å². The number of aryl methyl sites for hydroxylation is 1.